The van der Waals surface area contributed by atoms with Crippen LogP contribution < -0.4 is 4.74 Å². The van der Waals surface area contributed by atoms with E-state index in [2.05, 4.69) is 4.98 Å². The van der Waals surface area contributed by atoms with Crippen LogP contribution in [0.1, 0.15) is 21.6 Å². The Bertz CT molecular complexity index is 1010. The monoisotopic (exact) mass is 400 g/mol. The zero-order valence-corrected chi connectivity index (χ0v) is 15.9. The zero-order chi connectivity index (χ0) is 19.5. The Morgan fingerprint density at radius 3 is 2.93 bits per heavy atom. The van der Waals surface area contributed by atoms with Gasteiger partial charge >= 0.3 is 5.97 Å². The summed E-state index contributed by atoms with van der Waals surface area (Å²) in [5, 5.41) is 0.668. The molecular formula is C20H17FN2O4S. The van der Waals surface area contributed by atoms with Crippen LogP contribution in [0.25, 0.3) is 5.69 Å². The molecule has 28 heavy (non-hydrogen) atoms. The molecule has 0 spiro atoms. The number of carbonyl (C=O) groups is 1. The van der Waals surface area contributed by atoms with Crippen LogP contribution in [-0.4, -0.2) is 28.6 Å². The highest BCUT2D eigenvalue weighted by molar-refractivity contribution is 7.98. The number of thioether (sulfide) groups is 1. The second kappa shape index (κ2) is 8.04. The quantitative estimate of drug-likeness (QED) is 0.477. The van der Waals surface area contributed by atoms with Gasteiger partial charge in [0.2, 0.25) is 0 Å². The molecule has 0 aliphatic carbocycles. The second-order valence-electron chi connectivity index (χ2n) is 6.04. The highest BCUT2D eigenvalue weighted by Gasteiger charge is 2.21. The van der Waals surface area contributed by atoms with Crippen LogP contribution in [0, 0.1) is 5.82 Å². The Morgan fingerprint density at radius 2 is 2.14 bits per heavy atom. The lowest BCUT2D eigenvalue weighted by Crippen LogP contribution is -2.16. The number of carbonyl (C=O) groups excluding carboxylic acids is 1. The second-order valence-corrected chi connectivity index (χ2v) is 6.81. The van der Waals surface area contributed by atoms with E-state index in [1.807, 2.05) is 36.6 Å². The molecule has 4 rings (SSSR count). The first kappa shape index (κ1) is 18.5. The summed E-state index contributed by atoms with van der Waals surface area (Å²) in [5.41, 5.74) is 2.16. The van der Waals surface area contributed by atoms with E-state index in [1.54, 1.807) is 4.57 Å². The largest absolute Gasteiger partial charge is 0.467 e. The van der Waals surface area contributed by atoms with Crippen LogP contribution in [0.5, 0.6) is 5.75 Å². The molecule has 0 bridgehead atoms. The average molecular weight is 400 g/mol. The first-order valence-electron chi connectivity index (χ1n) is 8.53. The molecular weight excluding hydrogens is 383 g/mol. The van der Waals surface area contributed by atoms with E-state index in [0.717, 1.165) is 5.69 Å². The van der Waals surface area contributed by atoms with Crippen LogP contribution in [0.3, 0.4) is 0 Å². The molecule has 0 N–H and O–H groups in total. The Balaban J connectivity index is 1.59. The summed E-state index contributed by atoms with van der Waals surface area (Å²) in [6, 6.07) is 12.1. The number of fused-ring (bicyclic) bond motifs is 1. The van der Waals surface area contributed by atoms with Gasteiger partial charge in [0.1, 0.15) is 18.2 Å². The van der Waals surface area contributed by atoms with Gasteiger partial charge in [-0.3, -0.25) is 4.57 Å². The molecule has 0 fully saturated rings. The lowest BCUT2D eigenvalue weighted by atomic mass is 10.1. The zero-order valence-electron chi connectivity index (χ0n) is 15.1. The van der Waals surface area contributed by atoms with Gasteiger partial charge in [-0.15, -0.1) is 0 Å². The van der Waals surface area contributed by atoms with Gasteiger partial charge < -0.3 is 14.2 Å². The molecule has 0 atom stereocenters. The molecule has 2 heterocycles. The maximum absolute atomic E-state index is 13.9. The smallest absolute Gasteiger partial charge is 0.357 e. The van der Waals surface area contributed by atoms with Crippen LogP contribution >= 0.6 is 11.8 Å². The number of ether oxygens (including phenoxy) is 3. The van der Waals surface area contributed by atoms with E-state index in [4.69, 9.17) is 14.2 Å². The minimum absolute atomic E-state index is 0.0808. The Kier molecular flexibility index (Phi) is 5.31. The molecule has 1 aromatic heterocycles. The van der Waals surface area contributed by atoms with Gasteiger partial charge in [-0.1, -0.05) is 30.0 Å². The highest BCUT2D eigenvalue weighted by atomic mass is 32.2. The predicted octanol–water partition coefficient (Wildman–Crippen LogP) is 3.96. The number of imidazole rings is 1. The molecule has 0 saturated heterocycles. The number of hydrogen-bond donors (Lipinski definition) is 0. The van der Waals surface area contributed by atoms with Crippen LogP contribution in [0.4, 0.5) is 4.39 Å². The summed E-state index contributed by atoms with van der Waals surface area (Å²) in [6.45, 7) is 0.219. The number of rotatable bonds is 5. The summed E-state index contributed by atoms with van der Waals surface area (Å²) in [5.74, 6) is -0.485. The summed E-state index contributed by atoms with van der Waals surface area (Å²) in [7, 11) is 0. The minimum atomic E-state index is -0.554. The van der Waals surface area contributed by atoms with Crippen molar-refractivity contribution in [3.8, 4) is 11.4 Å². The topological polar surface area (TPSA) is 62.6 Å². The van der Waals surface area contributed by atoms with Crippen molar-refractivity contribution in [3.05, 3.63) is 71.3 Å². The first-order chi connectivity index (χ1) is 13.7. The maximum Gasteiger partial charge on any atom is 0.357 e. The highest BCUT2D eigenvalue weighted by Crippen LogP contribution is 2.30. The number of halogens is 1. The third-order valence-electron chi connectivity index (χ3n) is 4.25. The van der Waals surface area contributed by atoms with Crippen molar-refractivity contribution in [2.75, 3.05) is 13.0 Å². The van der Waals surface area contributed by atoms with Gasteiger partial charge in [0, 0.05) is 16.8 Å². The fourth-order valence-electron chi connectivity index (χ4n) is 3.03. The standard InChI is InChI=1S/C20H17FN2O4S/c1-28-20-22-9-17(23(20)16-5-3-2-4-6-16)19(24)26-11-14-8-15(21)7-13-10-25-12-27-18(13)14/h2-9H,10-12H2,1H3. The minimum Gasteiger partial charge on any atom is -0.467 e. The Hall–Kier alpha value is -2.84. The van der Waals surface area contributed by atoms with Crippen molar-refractivity contribution in [2.45, 2.75) is 18.4 Å². The van der Waals surface area contributed by atoms with Gasteiger partial charge in [0.05, 0.1) is 12.8 Å². The number of para-hydroxylation sites is 1. The number of benzene rings is 2. The molecule has 1 aliphatic rings. The van der Waals surface area contributed by atoms with Crippen molar-refractivity contribution >= 4 is 17.7 Å². The molecule has 3 aromatic rings. The summed E-state index contributed by atoms with van der Waals surface area (Å²) in [6.07, 6.45) is 3.36. The lowest BCUT2D eigenvalue weighted by molar-refractivity contribution is -0.0183. The molecule has 0 amide bonds. The average Bonchev–Trinajstić information content (AvgIpc) is 3.16. The third-order valence-corrected chi connectivity index (χ3v) is 4.90. The van der Waals surface area contributed by atoms with Crippen LogP contribution in [0.2, 0.25) is 0 Å². The molecule has 0 unspecified atom stereocenters. The van der Waals surface area contributed by atoms with Crippen molar-refractivity contribution in [1.29, 1.82) is 0 Å². The van der Waals surface area contributed by atoms with Crippen molar-refractivity contribution in [1.82, 2.24) is 9.55 Å². The molecule has 6 nitrogen and oxygen atoms in total. The predicted molar refractivity (Wildman–Crippen MR) is 101 cm³/mol. The van der Waals surface area contributed by atoms with Crippen LogP contribution in [-0.2, 0) is 22.7 Å². The van der Waals surface area contributed by atoms with E-state index < -0.39 is 11.8 Å². The van der Waals surface area contributed by atoms with E-state index in [-0.39, 0.29) is 20.0 Å². The molecule has 2 aromatic carbocycles. The molecule has 1 aliphatic heterocycles. The van der Waals surface area contributed by atoms with Crippen molar-refractivity contribution < 1.29 is 23.4 Å². The summed E-state index contributed by atoms with van der Waals surface area (Å²) < 4.78 is 31.7. The fourth-order valence-corrected chi connectivity index (χ4v) is 3.58. The van der Waals surface area contributed by atoms with Gasteiger partial charge in [0.25, 0.3) is 0 Å². The van der Waals surface area contributed by atoms with E-state index in [9.17, 15) is 9.18 Å². The molecule has 8 heteroatoms. The summed E-state index contributed by atoms with van der Waals surface area (Å²) >= 11 is 1.42. The van der Waals surface area contributed by atoms with Gasteiger partial charge in [-0.25, -0.2) is 14.2 Å². The number of aromatic nitrogens is 2. The van der Waals surface area contributed by atoms with Crippen LogP contribution in [0.15, 0.2) is 53.8 Å². The normalized spacial score (nSPS) is 12.9. The molecule has 0 saturated carbocycles. The van der Waals surface area contributed by atoms with E-state index in [0.29, 0.717) is 27.7 Å². The van der Waals surface area contributed by atoms with Gasteiger partial charge in [0.15, 0.2) is 17.6 Å². The number of hydrogen-bond acceptors (Lipinski definition) is 6. The Morgan fingerprint density at radius 1 is 1.32 bits per heavy atom. The van der Waals surface area contributed by atoms with Crippen molar-refractivity contribution in [3.63, 3.8) is 0 Å². The fraction of sp³-hybridized carbons (Fsp3) is 0.200. The van der Waals surface area contributed by atoms with E-state index in [1.165, 1.54) is 30.1 Å². The number of esters is 1. The lowest BCUT2D eigenvalue weighted by Gasteiger charge is -2.20. The van der Waals surface area contributed by atoms with Crippen molar-refractivity contribution in [2.24, 2.45) is 0 Å². The SMILES string of the molecule is CSc1ncc(C(=O)OCc2cc(F)cc3c2OCOC3)n1-c1ccccc1. The third kappa shape index (κ3) is 3.61. The van der Waals surface area contributed by atoms with E-state index >= 15 is 0 Å². The van der Waals surface area contributed by atoms with Gasteiger partial charge in [-0.05, 0) is 30.5 Å². The molecule has 0 radical (unpaired) electrons. The molecule has 144 valence electrons. The Labute approximate surface area is 165 Å². The maximum atomic E-state index is 13.9. The summed E-state index contributed by atoms with van der Waals surface area (Å²) in [4.78, 5) is 17.0. The van der Waals surface area contributed by atoms with Gasteiger partial charge in [-0.2, -0.15) is 0 Å². The number of nitrogens with zero attached hydrogens (tertiary/aromatic N) is 2. The first-order valence-corrected chi connectivity index (χ1v) is 9.76.